The molecule has 0 amide bonds. The van der Waals surface area contributed by atoms with Crippen molar-refractivity contribution in [3.8, 4) is 0 Å². The molecule has 0 saturated carbocycles. The Balaban J connectivity index is 1.98. The number of nitrogens with one attached hydrogen (secondary N) is 1. The first-order valence-corrected chi connectivity index (χ1v) is 8.49. The summed E-state index contributed by atoms with van der Waals surface area (Å²) in [5.74, 6) is 0.560. The number of benzene rings is 1. The van der Waals surface area contributed by atoms with E-state index in [-0.39, 0.29) is 0 Å². The molecule has 2 aromatic rings. The summed E-state index contributed by atoms with van der Waals surface area (Å²) >= 11 is 1.77. The van der Waals surface area contributed by atoms with Crippen LogP contribution < -0.4 is 10.2 Å². The second-order valence-corrected chi connectivity index (χ2v) is 6.51. The molecule has 21 heavy (non-hydrogen) atoms. The second-order valence-electron chi connectivity index (χ2n) is 5.42. The maximum absolute atomic E-state index is 4.52. The van der Waals surface area contributed by atoms with E-state index in [0.29, 0.717) is 5.92 Å². The van der Waals surface area contributed by atoms with E-state index in [1.807, 2.05) is 6.20 Å². The van der Waals surface area contributed by atoms with Gasteiger partial charge in [-0.25, -0.2) is 4.98 Å². The normalized spacial score (nSPS) is 10.9. The number of thiazole rings is 1. The minimum Gasteiger partial charge on any atom is -0.380 e. The molecule has 0 saturated heterocycles. The predicted octanol–water partition coefficient (Wildman–Crippen LogP) is 4.72. The summed E-state index contributed by atoms with van der Waals surface area (Å²) in [5, 5.41) is 4.61. The summed E-state index contributed by atoms with van der Waals surface area (Å²) in [5.41, 5.74) is 2.55. The maximum atomic E-state index is 4.52. The predicted molar refractivity (Wildman–Crippen MR) is 93.5 cm³/mol. The van der Waals surface area contributed by atoms with E-state index in [9.17, 15) is 0 Å². The molecule has 0 unspecified atom stereocenters. The highest BCUT2D eigenvalue weighted by Crippen LogP contribution is 2.24. The fourth-order valence-corrected chi connectivity index (χ4v) is 3.19. The van der Waals surface area contributed by atoms with Crippen LogP contribution in [0, 0.1) is 0 Å². The Morgan fingerprint density at radius 2 is 2.00 bits per heavy atom. The highest BCUT2D eigenvalue weighted by atomic mass is 32.1. The van der Waals surface area contributed by atoms with Gasteiger partial charge in [0, 0.05) is 29.9 Å². The monoisotopic (exact) mass is 303 g/mol. The summed E-state index contributed by atoms with van der Waals surface area (Å²) in [4.78, 5) is 8.08. The first kappa shape index (κ1) is 15.8. The summed E-state index contributed by atoms with van der Waals surface area (Å²) in [6.45, 7) is 11.6. The largest absolute Gasteiger partial charge is 0.380 e. The minimum absolute atomic E-state index is 0.560. The summed E-state index contributed by atoms with van der Waals surface area (Å²) in [6, 6.07) is 8.65. The van der Waals surface area contributed by atoms with Gasteiger partial charge in [0.2, 0.25) is 0 Å². The second kappa shape index (κ2) is 7.46. The highest BCUT2D eigenvalue weighted by Gasteiger charge is 2.07. The van der Waals surface area contributed by atoms with Gasteiger partial charge < -0.3 is 10.2 Å². The molecule has 2 rings (SSSR count). The van der Waals surface area contributed by atoms with E-state index in [1.165, 1.54) is 16.1 Å². The van der Waals surface area contributed by atoms with Crippen LogP contribution in [0.4, 0.5) is 10.8 Å². The molecular formula is C17H25N3S. The molecule has 0 fully saturated rings. The van der Waals surface area contributed by atoms with Crippen LogP contribution in [0.25, 0.3) is 0 Å². The first-order chi connectivity index (χ1) is 10.1. The number of hydrogen-bond acceptors (Lipinski definition) is 4. The van der Waals surface area contributed by atoms with Crippen molar-refractivity contribution in [3.05, 3.63) is 40.9 Å². The Labute approximate surface area is 132 Å². The number of nitrogens with zero attached hydrogens (tertiary/aromatic N) is 2. The van der Waals surface area contributed by atoms with Crippen molar-refractivity contribution < 1.29 is 0 Å². The Hall–Kier alpha value is -1.55. The lowest BCUT2D eigenvalue weighted by atomic mass is 10.0. The molecule has 0 aliphatic rings. The van der Waals surface area contributed by atoms with Crippen LogP contribution in [0.5, 0.6) is 0 Å². The van der Waals surface area contributed by atoms with Gasteiger partial charge in [-0.2, -0.15) is 0 Å². The van der Waals surface area contributed by atoms with Gasteiger partial charge in [-0.3, -0.25) is 0 Å². The molecule has 0 radical (unpaired) electrons. The molecule has 1 aromatic heterocycles. The molecule has 1 heterocycles. The Morgan fingerprint density at radius 1 is 1.24 bits per heavy atom. The van der Waals surface area contributed by atoms with Crippen molar-refractivity contribution in [3.63, 3.8) is 0 Å². The topological polar surface area (TPSA) is 28.2 Å². The van der Waals surface area contributed by atoms with Crippen LogP contribution >= 0.6 is 11.3 Å². The molecule has 0 aliphatic carbocycles. The van der Waals surface area contributed by atoms with E-state index in [2.05, 4.69) is 67.2 Å². The lowest BCUT2D eigenvalue weighted by Crippen LogP contribution is -2.21. The van der Waals surface area contributed by atoms with Crippen molar-refractivity contribution in [1.82, 2.24) is 4.98 Å². The van der Waals surface area contributed by atoms with E-state index in [0.717, 1.165) is 24.8 Å². The molecule has 0 aliphatic heterocycles. The lowest BCUT2D eigenvalue weighted by Gasteiger charge is -2.16. The zero-order valence-corrected chi connectivity index (χ0v) is 14.2. The van der Waals surface area contributed by atoms with Gasteiger partial charge in [-0.1, -0.05) is 26.0 Å². The number of aromatic nitrogens is 1. The van der Waals surface area contributed by atoms with Gasteiger partial charge in [-0.05, 0) is 37.5 Å². The quantitative estimate of drug-likeness (QED) is 0.802. The van der Waals surface area contributed by atoms with Crippen LogP contribution in [0.2, 0.25) is 0 Å². The molecule has 0 bridgehead atoms. The Kier molecular flexibility index (Phi) is 5.62. The molecule has 0 spiro atoms. The van der Waals surface area contributed by atoms with Gasteiger partial charge in [0.1, 0.15) is 0 Å². The molecular weight excluding hydrogens is 278 g/mol. The minimum atomic E-state index is 0.560. The summed E-state index contributed by atoms with van der Waals surface area (Å²) in [7, 11) is 0. The summed E-state index contributed by atoms with van der Waals surface area (Å²) < 4.78 is 0. The Bertz CT molecular complexity index is 559. The van der Waals surface area contributed by atoms with E-state index < -0.39 is 0 Å². The molecule has 1 N–H and O–H groups in total. The third-order valence-electron chi connectivity index (χ3n) is 3.60. The molecule has 0 atom stereocenters. The zero-order valence-electron chi connectivity index (χ0n) is 13.4. The molecule has 4 heteroatoms. The van der Waals surface area contributed by atoms with E-state index in [1.54, 1.807) is 11.3 Å². The third kappa shape index (κ3) is 4.21. The van der Waals surface area contributed by atoms with Crippen molar-refractivity contribution in [2.45, 2.75) is 40.2 Å². The SMILES string of the molecule is CCN(CC)c1ncc(CNc2cccc(C(C)C)c2)s1. The van der Waals surface area contributed by atoms with Crippen LogP contribution in [0.3, 0.4) is 0 Å². The number of rotatable bonds is 7. The van der Waals surface area contributed by atoms with Crippen LogP contribution in [0.15, 0.2) is 30.5 Å². The van der Waals surface area contributed by atoms with Crippen molar-refractivity contribution in [1.29, 1.82) is 0 Å². The fraction of sp³-hybridized carbons (Fsp3) is 0.471. The average Bonchev–Trinajstić information content (AvgIpc) is 2.95. The van der Waals surface area contributed by atoms with Crippen molar-refractivity contribution in [2.75, 3.05) is 23.3 Å². The van der Waals surface area contributed by atoms with E-state index >= 15 is 0 Å². The molecule has 114 valence electrons. The standard InChI is InChI=1S/C17H25N3S/c1-5-20(6-2)17-19-12-16(21-17)11-18-15-9-7-8-14(10-15)13(3)4/h7-10,12-13,18H,5-6,11H2,1-4H3. The van der Waals surface area contributed by atoms with Gasteiger partial charge in [0.05, 0.1) is 6.54 Å². The zero-order chi connectivity index (χ0) is 15.2. The van der Waals surface area contributed by atoms with Gasteiger partial charge in [0.25, 0.3) is 0 Å². The van der Waals surface area contributed by atoms with Gasteiger partial charge in [-0.15, -0.1) is 11.3 Å². The number of hydrogen-bond donors (Lipinski definition) is 1. The fourth-order valence-electron chi connectivity index (χ4n) is 2.22. The van der Waals surface area contributed by atoms with Crippen molar-refractivity contribution in [2.24, 2.45) is 0 Å². The average molecular weight is 303 g/mol. The van der Waals surface area contributed by atoms with Crippen LogP contribution in [-0.2, 0) is 6.54 Å². The van der Waals surface area contributed by atoms with E-state index in [4.69, 9.17) is 0 Å². The molecule has 3 nitrogen and oxygen atoms in total. The number of anilines is 2. The van der Waals surface area contributed by atoms with Gasteiger partial charge >= 0.3 is 0 Å². The van der Waals surface area contributed by atoms with Crippen molar-refractivity contribution >= 4 is 22.2 Å². The first-order valence-electron chi connectivity index (χ1n) is 7.67. The summed E-state index contributed by atoms with van der Waals surface area (Å²) in [6.07, 6.45) is 1.98. The highest BCUT2D eigenvalue weighted by molar-refractivity contribution is 7.15. The smallest absolute Gasteiger partial charge is 0.185 e. The maximum Gasteiger partial charge on any atom is 0.185 e. The van der Waals surface area contributed by atoms with Gasteiger partial charge in [0.15, 0.2) is 5.13 Å². The lowest BCUT2D eigenvalue weighted by molar-refractivity contribution is 0.860. The molecule has 1 aromatic carbocycles. The van der Waals surface area contributed by atoms with Crippen LogP contribution in [-0.4, -0.2) is 18.1 Å². The third-order valence-corrected chi connectivity index (χ3v) is 4.65. The Morgan fingerprint density at radius 3 is 2.67 bits per heavy atom. The van der Waals surface area contributed by atoms with Crippen LogP contribution in [0.1, 0.15) is 44.1 Å².